The fourth-order valence-electron chi connectivity index (χ4n) is 2.24. The van der Waals surface area contributed by atoms with Gasteiger partial charge in [0, 0.05) is 24.5 Å². The number of aliphatic carboxylic acids is 1. The van der Waals surface area contributed by atoms with Gasteiger partial charge in [-0.25, -0.2) is 9.48 Å². The van der Waals surface area contributed by atoms with E-state index < -0.39 is 5.97 Å². The minimum absolute atomic E-state index is 0.266. The molecule has 0 fully saturated rings. The summed E-state index contributed by atoms with van der Waals surface area (Å²) in [6, 6.07) is 1.93. The van der Waals surface area contributed by atoms with Gasteiger partial charge in [0.25, 0.3) is 0 Å². The van der Waals surface area contributed by atoms with E-state index in [9.17, 15) is 4.79 Å². The Morgan fingerprint density at radius 3 is 2.81 bits per heavy atom. The maximum Gasteiger partial charge on any atom is 0.335 e. The van der Waals surface area contributed by atoms with E-state index in [-0.39, 0.29) is 5.57 Å². The molecule has 0 atom stereocenters. The van der Waals surface area contributed by atoms with Crippen LogP contribution >= 0.6 is 0 Å². The van der Waals surface area contributed by atoms with Gasteiger partial charge in [0.15, 0.2) is 0 Å². The number of carbonyl (C=O) groups is 1. The van der Waals surface area contributed by atoms with Gasteiger partial charge in [0.05, 0.1) is 5.57 Å². The molecule has 1 aliphatic rings. The molecule has 1 N–H and O–H groups in total. The van der Waals surface area contributed by atoms with E-state index in [2.05, 4.69) is 43.4 Å². The number of aromatic nitrogens is 2. The first-order valence-corrected chi connectivity index (χ1v) is 8.50. The zero-order valence-electron chi connectivity index (χ0n) is 15.6. The molecule has 136 valence electrons. The van der Waals surface area contributed by atoms with Gasteiger partial charge in [0.1, 0.15) is 0 Å². The lowest BCUT2D eigenvalue weighted by Crippen LogP contribution is -1.98. The highest BCUT2D eigenvalue weighted by Gasteiger charge is 2.02. The van der Waals surface area contributed by atoms with Crippen LogP contribution in [0.2, 0.25) is 0 Å². The van der Waals surface area contributed by atoms with Crippen molar-refractivity contribution in [3.63, 3.8) is 0 Å². The first-order chi connectivity index (χ1) is 12.5. The number of carboxylic acids is 1. The predicted octanol–water partition coefficient (Wildman–Crippen LogP) is 5.33. The van der Waals surface area contributed by atoms with Crippen LogP contribution < -0.4 is 0 Å². The van der Waals surface area contributed by atoms with E-state index in [1.165, 1.54) is 29.0 Å². The number of rotatable bonds is 5. The standard InChI is InChI=1S/C13H14N2.C9H12O2/c1-11-5-3-6-13(10-12(2)9-11)15-8-4-7-14-15;1-3-5-7-8(6-4-2)9(10)11/h3-4,6-9H,10H2,1-2H3;4-7H,2-3H2,1H3,(H,10,11)/b12-9-,13-6+;7-5-,8-6+. The maximum atomic E-state index is 10.4. The van der Waals surface area contributed by atoms with Crippen molar-refractivity contribution < 1.29 is 9.90 Å². The first-order valence-electron chi connectivity index (χ1n) is 8.50. The van der Waals surface area contributed by atoms with Gasteiger partial charge in [-0.15, -0.1) is 5.73 Å². The van der Waals surface area contributed by atoms with Crippen LogP contribution in [0.15, 0.2) is 90.0 Å². The molecule has 0 saturated carbocycles. The van der Waals surface area contributed by atoms with Gasteiger partial charge in [-0.3, -0.25) is 0 Å². The average molecular weight is 350 g/mol. The van der Waals surface area contributed by atoms with E-state index in [1.54, 1.807) is 18.3 Å². The minimum atomic E-state index is -0.922. The summed E-state index contributed by atoms with van der Waals surface area (Å²) in [5, 5.41) is 12.8. The molecular weight excluding hydrogens is 324 g/mol. The summed E-state index contributed by atoms with van der Waals surface area (Å²) in [4.78, 5) is 10.4. The van der Waals surface area contributed by atoms with Gasteiger partial charge in [-0.05, 0) is 50.1 Å². The second kappa shape index (κ2) is 11.5. The Balaban J connectivity index is 0.000000276. The largest absolute Gasteiger partial charge is 0.478 e. The van der Waals surface area contributed by atoms with Crippen LogP contribution in [-0.2, 0) is 4.79 Å². The molecule has 0 radical (unpaired) electrons. The Kier molecular flexibility index (Phi) is 9.23. The summed E-state index contributed by atoms with van der Waals surface area (Å²) in [5.74, 6) is -0.922. The summed E-state index contributed by atoms with van der Waals surface area (Å²) in [6.07, 6.45) is 18.0. The molecule has 26 heavy (non-hydrogen) atoms. The van der Waals surface area contributed by atoms with Gasteiger partial charge in [-0.2, -0.15) is 5.10 Å². The van der Waals surface area contributed by atoms with Crippen molar-refractivity contribution in [2.24, 2.45) is 0 Å². The molecule has 0 bridgehead atoms. The van der Waals surface area contributed by atoms with E-state index >= 15 is 0 Å². The second-order valence-corrected chi connectivity index (χ2v) is 5.74. The first kappa shape index (κ1) is 20.9. The Labute approximate surface area is 155 Å². The number of nitrogens with zero attached hydrogens (tertiary/aromatic N) is 2. The van der Waals surface area contributed by atoms with Gasteiger partial charge < -0.3 is 5.11 Å². The second-order valence-electron chi connectivity index (χ2n) is 5.74. The highest BCUT2D eigenvalue weighted by atomic mass is 16.4. The molecule has 0 aromatic carbocycles. The molecule has 0 unspecified atom stereocenters. The molecule has 4 heteroatoms. The van der Waals surface area contributed by atoms with Crippen LogP contribution in [0.5, 0.6) is 0 Å². The molecule has 0 saturated heterocycles. The number of hydrogen-bond donors (Lipinski definition) is 1. The highest BCUT2D eigenvalue weighted by Crippen LogP contribution is 2.18. The van der Waals surface area contributed by atoms with E-state index in [1.807, 2.05) is 29.9 Å². The summed E-state index contributed by atoms with van der Waals surface area (Å²) in [7, 11) is 0. The smallest absolute Gasteiger partial charge is 0.335 e. The maximum absolute atomic E-state index is 10.4. The zero-order valence-corrected chi connectivity index (χ0v) is 15.6. The molecule has 4 nitrogen and oxygen atoms in total. The Bertz CT molecular complexity index is 797. The molecule has 1 heterocycles. The third-order valence-electron chi connectivity index (χ3n) is 3.39. The molecular formula is C22H26N2O2. The summed E-state index contributed by atoms with van der Waals surface area (Å²) in [5.41, 5.74) is 7.14. The van der Waals surface area contributed by atoms with Crippen LogP contribution in [0.4, 0.5) is 0 Å². The quantitative estimate of drug-likeness (QED) is 0.444. The lowest BCUT2D eigenvalue weighted by atomic mass is 10.1. The third-order valence-corrected chi connectivity index (χ3v) is 3.39. The normalized spacial score (nSPS) is 18.4. The van der Waals surface area contributed by atoms with Crippen LogP contribution in [0.1, 0.15) is 33.6 Å². The van der Waals surface area contributed by atoms with Crippen molar-refractivity contribution in [3.05, 3.63) is 90.0 Å². The fourth-order valence-corrected chi connectivity index (χ4v) is 2.24. The highest BCUT2D eigenvalue weighted by molar-refractivity contribution is 5.90. The SMILES string of the molecule is C=C/C=C(\C=C/CC)C(=O)O.CC1=C=C/C=C(/n2cccn2)C/C(C)=C\1. The molecule has 1 aromatic heterocycles. The molecule has 2 rings (SSSR count). The van der Waals surface area contributed by atoms with Crippen LogP contribution in [0.25, 0.3) is 5.70 Å². The van der Waals surface area contributed by atoms with Gasteiger partial charge in [-0.1, -0.05) is 43.4 Å². The predicted molar refractivity (Wildman–Crippen MR) is 107 cm³/mol. The number of hydrogen-bond acceptors (Lipinski definition) is 2. The lowest BCUT2D eigenvalue weighted by molar-refractivity contribution is -0.132. The lowest BCUT2D eigenvalue weighted by Gasteiger charge is -2.08. The van der Waals surface area contributed by atoms with Crippen molar-refractivity contribution in [3.8, 4) is 0 Å². The van der Waals surface area contributed by atoms with E-state index in [0.29, 0.717) is 0 Å². The number of allylic oxidation sites excluding steroid dienone is 8. The molecule has 0 amide bonds. The summed E-state index contributed by atoms with van der Waals surface area (Å²) >= 11 is 0. The summed E-state index contributed by atoms with van der Waals surface area (Å²) < 4.78 is 1.90. The average Bonchev–Trinajstić information content (AvgIpc) is 3.11. The topological polar surface area (TPSA) is 55.1 Å². The minimum Gasteiger partial charge on any atom is -0.478 e. The Morgan fingerprint density at radius 2 is 2.23 bits per heavy atom. The Morgan fingerprint density at radius 1 is 1.46 bits per heavy atom. The van der Waals surface area contributed by atoms with E-state index in [4.69, 9.17) is 5.11 Å². The van der Waals surface area contributed by atoms with Crippen molar-refractivity contribution in [1.82, 2.24) is 9.78 Å². The van der Waals surface area contributed by atoms with Gasteiger partial charge in [0.2, 0.25) is 0 Å². The van der Waals surface area contributed by atoms with Crippen molar-refractivity contribution in [2.45, 2.75) is 33.6 Å². The van der Waals surface area contributed by atoms with Crippen LogP contribution in [0.3, 0.4) is 0 Å². The van der Waals surface area contributed by atoms with Crippen molar-refractivity contribution >= 4 is 11.7 Å². The molecule has 1 aliphatic carbocycles. The van der Waals surface area contributed by atoms with E-state index in [0.717, 1.165) is 12.8 Å². The Hall–Kier alpha value is -3.10. The number of carboxylic acid groups (broad SMARTS) is 1. The molecule has 0 aliphatic heterocycles. The van der Waals surface area contributed by atoms with Crippen LogP contribution in [-0.4, -0.2) is 20.9 Å². The molecule has 0 spiro atoms. The zero-order chi connectivity index (χ0) is 19.4. The monoisotopic (exact) mass is 350 g/mol. The van der Waals surface area contributed by atoms with Crippen molar-refractivity contribution in [2.75, 3.05) is 0 Å². The third kappa shape index (κ3) is 7.65. The van der Waals surface area contributed by atoms with Crippen LogP contribution in [0, 0.1) is 0 Å². The van der Waals surface area contributed by atoms with Gasteiger partial charge >= 0.3 is 5.97 Å². The fraction of sp³-hybridized carbons (Fsp3) is 0.227. The molecule has 1 aromatic rings. The van der Waals surface area contributed by atoms with Crippen molar-refractivity contribution in [1.29, 1.82) is 0 Å². The summed E-state index contributed by atoms with van der Waals surface area (Å²) in [6.45, 7) is 9.56.